The maximum absolute atomic E-state index is 5.48. The van der Waals surface area contributed by atoms with Gasteiger partial charge in [-0.15, -0.1) is 5.10 Å². The molecule has 0 saturated carbocycles. The summed E-state index contributed by atoms with van der Waals surface area (Å²) >= 11 is 6.96. The quantitative estimate of drug-likeness (QED) is 0.794. The molecule has 1 fully saturated rings. The number of piperazine rings is 1. The van der Waals surface area contributed by atoms with E-state index in [2.05, 4.69) is 27.1 Å². The molecule has 6 nitrogen and oxygen atoms in total. The Morgan fingerprint density at radius 3 is 2.62 bits per heavy atom. The summed E-state index contributed by atoms with van der Waals surface area (Å²) < 4.78 is 8.05. The van der Waals surface area contributed by atoms with E-state index in [4.69, 9.17) is 17.0 Å². The van der Waals surface area contributed by atoms with Gasteiger partial charge in [0.2, 0.25) is 5.13 Å². The van der Waals surface area contributed by atoms with E-state index >= 15 is 0 Å². The lowest BCUT2D eigenvalue weighted by Crippen LogP contribution is -2.46. The third kappa shape index (κ3) is 4.13. The van der Waals surface area contributed by atoms with E-state index in [1.54, 1.807) is 7.11 Å². The Morgan fingerprint density at radius 1 is 1.21 bits per heavy atom. The van der Waals surface area contributed by atoms with Gasteiger partial charge < -0.3 is 15.0 Å². The summed E-state index contributed by atoms with van der Waals surface area (Å²) in [7, 11) is 1.66. The fourth-order valence-corrected chi connectivity index (χ4v) is 3.75. The van der Waals surface area contributed by atoms with E-state index in [0.29, 0.717) is 0 Å². The minimum atomic E-state index is 0.750. The number of methoxy groups -OCH3 is 1. The topological polar surface area (TPSA) is 45.6 Å². The van der Waals surface area contributed by atoms with Gasteiger partial charge in [0.25, 0.3) is 0 Å². The fraction of sp³-hybridized carbons (Fsp3) is 0.500. The van der Waals surface area contributed by atoms with Crippen molar-refractivity contribution in [3.63, 3.8) is 0 Å². The van der Waals surface area contributed by atoms with Gasteiger partial charge in [-0.1, -0.05) is 30.4 Å². The second-order valence-corrected chi connectivity index (χ2v) is 7.31. The highest BCUT2D eigenvalue weighted by Crippen LogP contribution is 2.28. The predicted octanol–water partition coefficient (Wildman–Crippen LogP) is 3.02. The Morgan fingerprint density at radius 2 is 1.92 bits per heavy atom. The maximum atomic E-state index is 5.48. The first-order valence-electron chi connectivity index (χ1n) is 8.12. The Kier molecular flexibility index (Phi) is 5.83. The van der Waals surface area contributed by atoms with Crippen LogP contribution in [0.4, 0.5) is 10.8 Å². The largest absolute Gasteiger partial charge is 0.495 e. The summed E-state index contributed by atoms with van der Waals surface area (Å²) in [5.74, 6) is 0.792. The zero-order valence-electron chi connectivity index (χ0n) is 14.1. The van der Waals surface area contributed by atoms with Crippen molar-refractivity contribution in [2.45, 2.75) is 13.6 Å². The summed E-state index contributed by atoms with van der Waals surface area (Å²) in [4.78, 5) is 4.86. The number of rotatable bonds is 6. The van der Waals surface area contributed by atoms with Crippen molar-refractivity contribution in [2.24, 2.45) is 0 Å². The predicted molar refractivity (Wildman–Crippen MR) is 101 cm³/mol. The smallest absolute Gasteiger partial charge is 0.209 e. The van der Waals surface area contributed by atoms with Crippen molar-refractivity contribution >= 4 is 34.4 Å². The molecular formula is C16H23N5OS2. The van der Waals surface area contributed by atoms with Gasteiger partial charge in [-0.2, -0.15) is 0 Å². The Bertz CT molecular complexity index is 721. The molecule has 1 saturated heterocycles. The Balaban J connectivity index is 1.66. The molecule has 2 aromatic rings. The molecule has 0 atom stereocenters. The molecule has 3 rings (SSSR count). The first-order valence-corrected chi connectivity index (χ1v) is 9.34. The van der Waals surface area contributed by atoms with Crippen LogP contribution in [0.2, 0.25) is 0 Å². The molecule has 24 heavy (non-hydrogen) atoms. The van der Waals surface area contributed by atoms with Crippen LogP contribution in [-0.4, -0.2) is 59.4 Å². The Hall–Kier alpha value is -1.48. The molecule has 0 unspecified atom stereocenters. The van der Waals surface area contributed by atoms with Gasteiger partial charge in [0, 0.05) is 26.2 Å². The summed E-state index contributed by atoms with van der Waals surface area (Å²) in [6.07, 6.45) is 0. The number of likely N-dealkylation sites (N-methyl/N-ethyl adjacent to an activating group) is 1. The average Bonchev–Trinajstić information content (AvgIpc) is 2.95. The van der Waals surface area contributed by atoms with Gasteiger partial charge >= 0.3 is 0 Å². The van der Waals surface area contributed by atoms with Crippen LogP contribution in [-0.2, 0) is 6.67 Å². The molecule has 1 N–H and O–H groups in total. The fourth-order valence-electron chi connectivity index (χ4n) is 2.75. The number of ether oxygens (including phenoxy) is 1. The number of aromatic nitrogens is 2. The zero-order valence-corrected chi connectivity index (χ0v) is 15.7. The summed E-state index contributed by atoms with van der Waals surface area (Å²) in [5, 5.41) is 8.72. The third-order valence-corrected chi connectivity index (χ3v) is 5.42. The van der Waals surface area contributed by atoms with Gasteiger partial charge in [-0.3, -0.25) is 4.90 Å². The van der Waals surface area contributed by atoms with Crippen molar-refractivity contribution in [3.05, 3.63) is 28.2 Å². The van der Waals surface area contributed by atoms with Crippen LogP contribution in [0.15, 0.2) is 24.3 Å². The third-order valence-electron chi connectivity index (χ3n) is 4.20. The number of benzene rings is 1. The number of nitrogens with zero attached hydrogens (tertiary/aromatic N) is 4. The van der Waals surface area contributed by atoms with Crippen molar-refractivity contribution in [1.29, 1.82) is 0 Å². The molecule has 1 aliphatic rings. The van der Waals surface area contributed by atoms with E-state index in [0.717, 1.165) is 59.9 Å². The molecule has 0 spiro atoms. The van der Waals surface area contributed by atoms with Gasteiger partial charge in [0.15, 0.2) is 3.95 Å². The highest BCUT2D eigenvalue weighted by atomic mass is 32.1. The first-order chi connectivity index (χ1) is 11.7. The molecule has 1 aliphatic heterocycles. The molecule has 0 bridgehead atoms. The van der Waals surface area contributed by atoms with Gasteiger partial charge in [-0.05, 0) is 30.9 Å². The summed E-state index contributed by atoms with van der Waals surface area (Å²) in [6.45, 7) is 8.42. The van der Waals surface area contributed by atoms with Crippen LogP contribution in [0.25, 0.3) is 0 Å². The first kappa shape index (κ1) is 17.3. The molecule has 0 aliphatic carbocycles. The second kappa shape index (κ2) is 8.06. The standard InChI is InChI=1S/C16H23N5OS2/c1-3-19-8-10-20(11-9-19)12-21-16(23)24-15(18-21)17-13-6-4-5-7-14(13)22-2/h4-7H,3,8-12H2,1-2H3,(H,17,18). The van der Waals surface area contributed by atoms with Crippen LogP contribution in [0, 0.1) is 3.95 Å². The lowest BCUT2D eigenvalue weighted by molar-refractivity contribution is 0.107. The minimum absolute atomic E-state index is 0.750. The highest BCUT2D eigenvalue weighted by Gasteiger charge is 2.17. The lowest BCUT2D eigenvalue weighted by atomic mass is 10.3. The molecule has 2 heterocycles. The highest BCUT2D eigenvalue weighted by molar-refractivity contribution is 7.73. The summed E-state index contributed by atoms with van der Waals surface area (Å²) in [6, 6.07) is 7.80. The molecule has 1 aromatic heterocycles. The summed E-state index contributed by atoms with van der Waals surface area (Å²) in [5.41, 5.74) is 0.896. The van der Waals surface area contributed by atoms with E-state index in [1.165, 1.54) is 11.3 Å². The molecule has 0 amide bonds. The zero-order chi connectivity index (χ0) is 16.9. The molecule has 8 heteroatoms. The van der Waals surface area contributed by atoms with Crippen LogP contribution in [0.3, 0.4) is 0 Å². The monoisotopic (exact) mass is 365 g/mol. The van der Waals surface area contributed by atoms with Crippen LogP contribution in [0.1, 0.15) is 6.92 Å². The minimum Gasteiger partial charge on any atom is -0.495 e. The SMILES string of the molecule is CCN1CCN(Cn2nc(Nc3ccccc3OC)sc2=S)CC1. The van der Waals surface area contributed by atoms with Gasteiger partial charge in [0.1, 0.15) is 5.75 Å². The average molecular weight is 366 g/mol. The van der Waals surface area contributed by atoms with Crippen molar-refractivity contribution in [2.75, 3.05) is 45.2 Å². The van der Waals surface area contributed by atoms with Crippen LogP contribution in [0.5, 0.6) is 5.75 Å². The number of nitrogens with one attached hydrogen (secondary N) is 1. The molecule has 1 aromatic carbocycles. The normalized spacial score (nSPS) is 16.2. The van der Waals surface area contributed by atoms with E-state index in [1.807, 2.05) is 28.9 Å². The van der Waals surface area contributed by atoms with Crippen molar-refractivity contribution in [3.8, 4) is 5.75 Å². The second-order valence-electron chi connectivity index (χ2n) is 5.69. The molecular weight excluding hydrogens is 342 g/mol. The van der Waals surface area contributed by atoms with E-state index < -0.39 is 0 Å². The maximum Gasteiger partial charge on any atom is 0.209 e. The van der Waals surface area contributed by atoms with E-state index in [9.17, 15) is 0 Å². The number of hydrogen-bond donors (Lipinski definition) is 1. The molecule has 0 radical (unpaired) electrons. The van der Waals surface area contributed by atoms with Crippen molar-refractivity contribution < 1.29 is 4.74 Å². The van der Waals surface area contributed by atoms with Crippen molar-refractivity contribution in [1.82, 2.24) is 19.6 Å². The van der Waals surface area contributed by atoms with Crippen LogP contribution >= 0.6 is 23.6 Å². The van der Waals surface area contributed by atoms with E-state index in [-0.39, 0.29) is 0 Å². The number of para-hydroxylation sites is 2. The van der Waals surface area contributed by atoms with Gasteiger partial charge in [0.05, 0.1) is 19.5 Å². The van der Waals surface area contributed by atoms with Crippen LogP contribution < -0.4 is 10.1 Å². The van der Waals surface area contributed by atoms with Gasteiger partial charge in [-0.25, -0.2) is 4.68 Å². The molecule has 130 valence electrons. The Labute approximate surface area is 151 Å². The number of anilines is 2. The number of hydrogen-bond acceptors (Lipinski definition) is 7. The lowest BCUT2D eigenvalue weighted by Gasteiger charge is -2.33.